The number of methoxy groups -OCH3 is 1. The van der Waals surface area contributed by atoms with Crippen LogP contribution in [0.5, 0.6) is 5.75 Å². The van der Waals surface area contributed by atoms with E-state index in [4.69, 9.17) is 15.6 Å². The predicted octanol–water partition coefficient (Wildman–Crippen LogP) is 0.674. The summed E-state index contributed by atoms with van der Waals surface area (Å²) in [6.45, 7) is 1.78. The van der Waals surface area contributed by atoms with Crippen molar-refractivity contribution in [3.63, 3.8) is 0 Å². The normalized spacial score (nSPS) is 13.4. The average Bonchev–Trinajstić information content (AvgIpc) is 2.37. The summed E-state index contributed by atoms with van der Waals surface area (Å²) in [6.07, 6.45) is -0.398. The van der Waals surface area contributed by atoms with Gasteiger partial charge in [-0.25, -0.2) is 0 Å². The van der Waals surface area contributed by atoms with Crippen LogP contribution in [0.25, 0.3) is 0 Å². The number of rotatable bonds is 6. The summed E-state index contributed by atoms with van der Waals surface area (Å²) in [6, 6.07) is 5.89. The van der Waals surface area contributed by atoms with Gasteiger partial charge in [0.05, 0.1) is 25.6 Å². The Bertz CT molecular complexity index is 462. The average molecular weight is 266 g/mol. The number of carbonyl (C=O) groups is 2. The van der Waals surface area contributed by atoms with Crippen LogP contribution in [-0.2, 0) is 9.59 Å². The smallest absolute Gasteiger partial charge is 0.305 e. The van der Waals surface area contributed by atoms with Gasteiger partial charge < -0.3 is 20.9 Å². The van der Waals surface area contributed by atoms with Crippen molar-refractivity contribution < 1.29 is 19.4 Å². The molecular formula is C13H18N2O4. The SMILES string of the molecule is COc1ccccc1C(C)NC(=O)C(N)CC(=O)O. The summed E-state index contributed by atoms with van der Waals surface area (Å²) < 4.78 is 5.20. The summed E-state index contributed by atoms with van der Waals surface area (Å²) in [5.41, 5.74) is 6.30. The summed E-state index contributed by atoms with van der Waals surface area (Å²) in [5.74, 6) is -0.949. The number of carboxylic acids is 1. The number of hydrogen-bond donors (Lipinski definition) is 3. The van der Waals surface area contributed by atoms with Gasteiger partial charge in [-0.3, -0.25) is 9.59 Å². The number of para-hydroxylation sites is 1. The molecule has 0 aliphatic heterocycles. The second kappa shape index (κ2) is 6.75. The van der Waals surface area contributed by atoms with E-state index < -0.39 is 24.3 Å². The third-order valence-electron chi connectivity index (χ3n) is 2.70. The lowest BCUT2D eigenvalue weighted by Gasteiger charge is -2.19. The molecule has 0 heterocycles. The fourth-order valence-corrected chi connectivity index (χ4v) is 1.70. The molecule has 0 fully saturated rings. The zero-order valence-corrected chi connectivity index (χ0v) is 10.9. The third kappa shape index (κ3) is 4.26. The van der Waals surface area contributed by atoms with Crippen molar-refractivity contribution in [1.29, 1.82) is 0 Å². The van der Waals surface area contributed by atoms with E-state index in [9.17, 15) is 9.59 Å². The molecule has 0 aliphatic rings. The summed E-state index contributed by atoms with van der Waals surface area (Å²) in [4.78, 5) is 22.2. The Labute approximate surface area is 111 Å². The molecule has 0 saturated carbocycles. The molecule has 4 N–H and O–H groups in total. The van der Waals surface area contributed by atoms with Crippen LogP contribution >= 0.6 is 0 Å². The van der Waals surface area contributed by atoms with Crippen LogP contribution in [0.2, 0.25) is 0 Å². The van der Waals surface area contributed by atoms with E-state index in [2.05, 4.69) is 5.32 Å². The lowest BCUT2D eigenvalue weighted by molar-refractivity contribution is -0.139. The van der Waals surface area contributed by atoms with E-state index in [0.29, 0.717) is 5.75 Å². The van der Waals surface area contributed by atoms with Crippen LogP contribution in [0.3, 0.4) is 0 Å². The monoisotopic (exact) mass is 266 g/mol. The van der Waals surface area contributed by atoms with Crippen molar-refractivity contribution in [2.24, 2.45) is 5.73 Å². The van der Waals surface area contributed by atoms with Gasteiger partial charge in [0, 0.05) is 5.56 Å². The number of ether oxygens (including phenoxy) is 1. The molecule has 0 aliphatic carbocycles. The van der Waals surface area contributed by atoms with Crippen LogP contribution in [0.1, 0.15) is 24.9 Å². The zero-order chi connectivity index (χ0) is 14.4. The maximum atomic E-state index is 11.7. The van der Waals surface area contributed by atoms with E-state index in [-0.39, 0.29) is 6.04 Å². The van der Waals surface area contributed by atoms with E-state index in [1.807, 2.05) is 18.2 Å². The molecular weight excluding hydrogens is 248 g/mol. The highest BCUT2D eigenvalue weighted by molar-refractivity contribution is 5.86. The van der Waals surface area contributed by atoms with Gasteiger partial charge in [0.1, 0.15) is 5.75 Å². The Kier molecular flexibility index (Phi) is 5.32. The molecule has 0 bridgehead atoms. The number of benzene rings is 1. The van der Waals surface area contributed by atoms with Gasteiger partial charge in [0.25, 0.3) is 0 Å². The second-order valence-corrected chi connectivity index (χ2v) is 4.18. The molecule has 0 radical (unpaired) electrons. The number of carbonyl (C=O) groups excluding carboxylic acids is 1. The Morgan fingerprint density at radius 1 is 1.42 bits per heavy atom. The molecule has 6 nitrogen and oxygen atoms in total. The van der Waals surface area contributed by atoms with Crippen molar-refractivity contribution in [3.8, 4) is 5.75 Å². The predicted molar refractivity (Wildman–Crippen MR) is 69.8 cm³/mol. The molecule has 104 valence electrons. The van der Waals surface area contributed by atoms with Crippen molar-refractivity contribution >= 4 is 11.9 Å². The second-order valence-electron chi connectivity index (χ2n) is 4.18. The third-order valence-corrected chi connectivity index (χ3v) is 2.70. The largest absolute Gasteiger partial charge is 0.496 e. The topological polar surface area (TPSA) is 102 Å². The van der Waals surface area contributed by atoms with Crippen molar-refractivity contribution in [2.45, 2.75) is 25.4 Å². The molecule has 1 rings (SSSR count). The Balaban J connectivity index is 2.71. The first-order valence-electron chi connectivity index (χ1n) is 5.86. The van der Waals surface area contributed by atoms with Crippen molar-refractivity contribution in [1.82, 2.24) is 5.32 Å². The molecule has 2 atom stereocenters. The first kappa shape index (κ1) is 15.0. The molecule has 0 spiro atoms. The first-order valence-corrected chi connectivity index (χ1v) is 5.86. The fourth-order valence-electron chi connectivity index (χ4n) is 1.70. The molecule has 6 heteroatoms. The van der Waals surface area contributed by atoms with Crippen molar-refractivity contribution in [3.05, 3.63) is 29.8 Å². The number of hydrogen-bond acceptors (Lipinski definition) is 4. The van der Waals surface area contributed by atoms with Gasteiger partial charge in [-0.1, -0.05) is 18.2 Å². The maximum absolute atomic E-state index is 11.7. The van der Waals surface area contributed by atoms with Crippen LogP contribution in [0.15, 0.2) is 24.3 Å². The maximum Gasteiger partial charge on any atom is 0.305 e. The number of nitrogens with one attached hydrogen (secondary N) is 1. The first-order chi connectivity index (χ1) is 8.95. The van der Waals surface area contributed by atoms with Crippen LogP contribution < -0.4 is 15.8 Å². The number of carboxylic acid groups (broad SMARTS) is 1. The Morgan fingerprint density at radius 2 is 2.05 bits per heavy atom. The van der Waals surface area contributed by atoms with Gasteiger partial charge in [-0.2, -0.15) is 0 Å². The molecule has 0 aromatic heterocycles. The standard InChI is InChI=1S/C13H18N2O4/c1-8(9-5-3-4-6-11(9)19-2)15-13(18)10(14)7-12(16)17/h3-6,8,10H,7,14H2,1-2H3,(H,15,18)(H,16,17). The summed E-state index contributed by atoms with van der Waals surface area (Å²) in [5, 5.41) is 11.3. The lowest BCUT2D eigenvalue weighted by atomic mass is 10.1. The van der Waals surface area contributed by atoms with Crippen LogP contribution in [0, 0.1) is 0 Å². The minimum atomic E-state index is -1.10. The molecule has 1 aromatic rings. The minimum Gasteiger partial charge on any atom is -0.496 e. The van der Waals surface area contributed by atoms with Crippen LogP contribution in [-0.4, -0.2) is 30.1 Å². The fraction of sp³-hybridized carbons (Fsp3) is 0.385. The molecule has 1 amide bonds. The highest BCUT2D eigenvalue weighted by Gasteiger charge is 2.20. The number of nitrogens with two attached hydrogens (primary N) is 1. The van der Waals surface area contributed by atoms with Gasteiger partial charge >= 0.3 is 5.97 Å². The number of amides is 1. The molecule has 0 saturated heterocycles. The van der Waals surface area contributed by atoms with Gasteiger partial charge in [0.15, 0.2) is 0 Å². The van der Waals surface area contributed by atoms with E-state index in [1.54, 1.807) is 20.1 Å². The quantitative estimate of drug-likeness (QED) is 0.702. The zero-order valence-electron chi connectivity index (χ0n) is 10.9. The van der Waals surface area contributed by atoms with E-state index in [1.165, 1.54) is 0 Å². The van der Waals surface area contributed by atoms with Crippen LogP contribution in [0.4, 0.5) is 0 Å². The minimum absolute atomic E-state index is 0.316. The molecule has 1 aromatic carbocycles. The summed E-state index contributed by atoms with van der Waals surface area (Å²) in [7, 11) is 1.55. The van der Waals surface area contributed by atoms with E-state index in [0.717, 1.165) is 5.56 Å². The Morgan fingerprint density at radius 3 is 2.63 bits per heavy atom. The Hall–Kier alpha value is -2.08. The summed E-state index contributed by atoms with van der Waals surface area (Å²) >= 11 is 0. The highest BCUT2D eigenvalue weighted by atomic mass is 16.5. The van der Waals surface area contributed by atoms with Gasteiger partial charge in [0.2, 0.25) is 5.91 Å². The van der Waals surface area contributed by atoms with Gasteiger partial charge in [-0.15, -0.1) is 0 Å². The number of aliphatic carboxylic acids is 1. The highest BCUT2D eigenvalue weighted by Crippen LogP contribution is 2.24. The molecule has 19 heavy (non-hydrogen) atoms. The van der Waals surface area contributed by atoms with E-state index >= 15 is 0 Å². The van der Waals surface area contributed by atoms with Gasteiger partial charge in [-0.05, 0) is 13.0 Å². The molecule has 2 unspecified atom stereocenters. The lowest BCUT2D eigenvalue weighted by Crippen LogP contribution is -2.42. The van der Waals surface area contributed by atoms with Crippen molar-refractivity contribution in [2.75, 3.05) is 7.11 Å².